The van der Waals surface area contributed by atoms with Crippen molar-refractivity contribution in [1.82, 2.24) is 21.3 Å². The van der Waals surface area contributed by atoms with Gasteiger partial charge in [0.15, 0.2) is 5.78 Å². The van der Waals surface area contributed by atoms with Crippen molar-refractivity contribution in [3.63, 3.8) is 0 Å². The maximum absolute atomic E-state index is 13.1. The standard InChI is InChI=1S/C25H39N5O6/c1-5-15(2)22(30-23(34)19(27-4)13-17-9-7-6-8-10-17)25(36)29-20(14-31)24(35)28-18(16(3)32)11-12-21(26)33/h6-10,15,18-20,22,27,31H,5,11-14H2,1-4H3,(H2,26,33)(H,28,35)(H,29,36)(H,30,34)/t15-,18+,19+,20-,22-/m0/s1. The van der Waals surface area contributed by atoms with Gasteiger partial charge >= 0.3 is 0 Å². The van der Waals surface area contributed by atoms with Gasteiger partial charge in [-0.2, -0.15) is 0 Å². The number of amides is 4. The van der Waals surface area contributed by atoms with Gasteiger partial charge in [0.05, 0.1) is 18.7 Å². The number of hydrogen-bond acceptors (Lipinski definition) is 7. The largest absolute Gasteiger partial charge is 0.394 e. The van der Waals surface area contributed by atoms with Gasteiger partial charge < -0.3 is 32.1 Å². The van der Waals surface area contributed by atoms with Crippen LogP contribution in [0.1, 0.15) is 45.6 Å². The molecule has 0 aliphatic rings. The summed E-state index contributed by atoms with van der Waals surface area (Å²) in [6, 6.07) is 5.53. The Bertz CT molecular complexity index is 894. The molecule has 11 heteroatoms. The Morgan fingerprint density at radius 2 is 1.50 bits per heavy atom. The highest BCUT2D eigenvalue weighted by molar-refractivity contribution is 5.95. The lowest BCUT2D eigenvalue weighted by atomic mass is 9.96. The molecule has 11 nitrogen and oxygen atoms in total. The molecule has 5 atom stereocenters. The number of nitrogens with two attached hydrogens (primary N) is 1. The van der Waals surface area contributed by atoms with Crippen LogP contribution in [0.2, 0.25) is 0 Å². The van der Waals surface area contributed by atoms with Crippen LogP contribution in [0.5, 0.6) is 0 Å². The van der Waals surface area contributed by atoms with E-state index < -0.39 is 54.3 Å². The highest BCUT2D eigenvalue weighted by Gasteiger charge is 2.32. The number of carbonyl (C=O) groups is 5. The van der Waals surface area contributed by atoms with Crippen LogP contribution in [0.4, 0.5) is 0 Å². The minimum Gasteiger partial charge on any atom is -0.394 e. The fourth-order valence-electron chi connectivity index (χ4n) is 3.52. The summed E-state index contributed by atoms with van der Waals surface area (Å²) in [5, 5.41) is 20.4. The van der Waals surface area contributed by atoms with Gasteiger partial charge in [-0.25, -0.2) is 0 Å². The topological polar surface area (TPSA) is 180 Å². The summed E-state index contributed by atoms with van der Waals surface area (Å²) in [6.45, 7) is 4.18. The second-order valence-electron chi connectivity index (χ2n) is 8.82. The molecule has 0 saturated carbocycles. The Kier molecular flexibility index (Phi) is 13.3. The number of rotatable bonds is 16. The zero-order valence-corrected chi connectivity index (χ0v) is 21.4. The molecule has 0 aromatic heterocycles. The molecule has 0 radical (unpaired) electrons. The predicted molar refractivity (Wildman–Crippen MR) is 134 cm³/mol. The molecule has 0 aliphatic heterocycles. The van der Waals surface area contributed by atoms with Crippen LogP contribution in [-0.2, 0) is 30.4 Å². The van der Waals surface area contributed by atoms with Gasteiger partial charge in [-0.1, -0.05) is 50.6 Å². The number of carbonyl (C=O) groups excluding carboxylic acids is 5. The van der Waals surface area contributed by atoms with Gasteiger partial charge in [0.2, 0.25) is 23.6 Å². The molecule has 1 aromatic rings. The predicted octanol–water partition coefficient (Wildman–Crippen LogP) is -0.836. The number of aliphatic hydroxyl groups is 1. The molecule has 1 aromatic carbocycles. The molecule has 0 aliphatic carbocycles. The van der Waals surface area contributed by atoms with Gasteiger partial charge in [0, 0.05) is 6.42 Å². The Hall–Kier alpha value is -3.31. The van der Waals surface area contributed by atoms with Crippen molar-refractivity contribution in [3.8, 4) is 0 Å². The Morgan fingerprint density at radius 3 is 2.00 bits per heavy atom. The number of Topliss-reactive ketones (excluding diaryl/α,β-unsaturated/α-hetero) is 1. The summed E-state index contributed by atoms with van der Waals surface area (Å²) in [5.74, 6) is -3.10. The first-order chi connectivity index (χ1) is 17.0. The van der Waals surface area contributed by atoms with Crippen molar-refractivity contribution in [1.29, 1.82) is 0 Å². The fraction of sp³-hybridized carbons (Fsp3) is 0.560. The van der Waals surface area contributed by atoms with Gasteiger partial charge in [-0.15, -0.1) is 0 Å². The zero-order chi connectivity index (χ0) is 27.3. The molecule has 0 unspecified atom stereocenters. The van der Waals surface area contributed by atoms with Crippen molar-refractivity contribution in [2.24, 2.45) is 11.7 Å². The van der Waals surface area contributed by atoms with Crippen molar-refractivity contribution in [2.45, 2.75) is 70.6 Å². The molecular formula is C25H39N5O6. The van der Waals surface area contributed by atoms with E-state index >= 15 is 0 Å². The molecule has 0 heterocycles. The Balaban J connectivity index is 2.91. The van der Waals surface area contributed by atoms with E-state index in [0.29, 0.717) is 12.8 Å². The van der Waals surface area contributed by atoms with Crippen LogP contribution in [-0.4, -0.2) is 72.3 Å². The van der Waals surface area contributed by atoms with Crippen LogP contribution in [0.25, 0.3) is 0 Å². The summed E-state index contributed by atoms with van der Waals surface area (Å²) in [7, 11) is 1.65. The quantitative estimate of drug-likeness (QED) is 0.169. The number of likely N-dealkylation sites (N-methyl/N-ethyl adjacent to an activating group) is 1. The molecule has 0 bridgehead atoms. The van der Waals surface area contributed by atoms with Gasteiger partial charge in [-0.05, 0) is 38.3 Å². The van der Waals surface area contributed by atoms with Crippen LogP contribution in [0.15, 0.2) is 30.3 Å². The normalized spacial score (nSPS) is 15.0. The third-order valence-corrected chi connectivity index (χ3v) is 6.04. The highest BCUT2D eigenvalue weighted by atomic mass is 16.3. The third-order valence-electron chi connectivity index (χ3n) is 6.04. The van der Waals surface area contributed by atoms with Crippen LogP contribution in [0.3, 0.4) is 0 Å². The zero-order valence-electron chi connectivity index (χ0n) is 21.4. The molecule has 1 rings (SSSR count). The van der Waals surface area contributed by atoms with Crippen LogP contribution < -0.4 is 27.0 Å². The molecule has 0 saturated heterocycles. The van der Waals surface area contributed by atoms with Gasteiger partial charge in [-0.3, -0.25) is 24.0 Å². The molecule has 4 amide bonds. The fourth-order valence-corrected chi connectivity index (χ4v) is 3.52. The monoisotopic (exact) mass is 505 g/mol. The number of nitrogens with one attached hydrogen (secondary N) is 4. The molecule has 0 spiro atoms. The van der Waals surface area contributed by atoms with E-state index in [1.807, 2.05) is 37.3 Å². The van der Waals surface area contributed by atoms with E-state index in [1.165, 1.54) is 6.92 Å². The molecular weight excluding hydrogens is 466 g/mol. The number of primary amides is 1. The average Bonchev–Trinajstić information content (AvgIpc) is 2.86. The Labute approximate surface area is 212 Å². The van der Waals surface area contributed by atoms with Gasteiger partial charge in [0.25, 0.3) is 0 Å². The first kappa shape index (κ1) is 30.7. The molecule has 36 heavy (non-hydrogen) atoms. The second kappa shape index (κ2) is 15.6. The lowest BCUT2D eigenvalue weighted by Crippen LogP contribution is -2.59. The maximum atomic E-state index is 13.1. The molecule has 0 fully saturated rings. The van der Waals surface area contributed by atoms with Crippen molar-refractivity contribution < 1.29 is 29.1 Å². The maximum Gasteiger partial charge on any atom is 0.245 e. The SMILES string of the molecule is CC[C@H](C)[C@H](NC(=O)[C@@H](Cc1ccccc1)NC)C(=O)N[C@@H](CO)C(=O)N[C@H](CCC(N)=O)C(C)=O. The lowest BCUT2D eigenvalue weighted by Gasteiger charge is -2.28. The molecule has 7 N–H and O–H groups in total. The minimum absolute atomic E-state index is 0.000866. The first-order valence-electron chi connectivity index (χ1n) is 12.1. The van der Waals surface area contributed by atoms with E-state index in [9.17, 15) is 29.1 Å². The third kappa shape index (κ3) is 10.1. The van der Waals surface area contributed by atoms with Crippen molar-refractivity contribution >= 4 is 29.4 Å². The first-order valence-corrected chi connectivity index (χ1v) is 12.1. The second-order valence-corrected chi connectivity index (χ2v) is 8.82. The van der Waals surface area contributed by atoms with E-state index in [-0.39, 0.29) is 24.7 Å². The van der Waals surface area contributed by atoms with Crippen LogP contribution >= 0.6 is 0 Å². The summed E-state index contributed by atoms with van der Waals surface area (Å²) in [6.07, 6.45) is 0.869. The summed E-state index contributed by atoms with van der Waals surface area (Å²) in [4.78, 5) is 61.6. The summed E-state index contributed by atoms with van der Waals surface area (Å²) in [5.41, 5.74) is 6.06. The van der Waals surface area contributed by atoms with Crippen molar-refractivity contribution in [2.75, 3.05) is 13.7 Å². The minimum atomic E-state index is -1.36. The average molecular weight is 506 g/mol. The van der Waals surface area contributed by atoms with E-state index in [1.54, 1.807) is 14.0 Å². The van der Waals surface area contributed by atoms with E-state index in [0.717, 1.165) is 5.56 Å². The van der Waals surface area contributed by atoms with E-state index in [2.05, 4.69) is 21.3 Å². The smallest absolute Gasteiger partial charge is 0.245 e. The summed E-state index contributed by atoms with van der Waals surface area (Å²) < 4.78 is 0. The highest BCUT2D eigenvalue weighted by Crippen LogP contribution is 2.10. The number of aliphatic hydroxyl groups excluding tert-OH is 1. The number of hydrogen-bond donors (Lipinski definition) is 6. The summed E-state index contributed by atoms with van der Waals surface area (Å²) >= 11 is 0. The van der Waals surface area contributed by atoms with Crippen molar-refractivity contribution in [3.05, 3.63) is 35.9 Å². The number of benzene rings is 1. The van der Waals surface area contributed by atoms with Gasteiger partial charge in [0.1, 0.15) is 12.1 Å². The Morgan fingerprint density at radius 1 is 0.917 bits per heavy atom. The molecule has 200 valence electrons. The lowest BCUT2D eigenvalue weighted by molar-refractivity contribution is -0.135. The van der Waals surface area contributed by atoms with E-state index in [4.69, 9.17) is 5.73 Å². The van der Waals surface area contributed by atoms with Crippen LogP contribution in [0, 0.1) is 5.92 Å². The number of ketones is 1.